The molecule has 0 aliphatic carbocycles. The van der Waals surface area contributed by atoms with Crippen molar-refractivity contribution in [1.29, 1.82) is 0 Å². The van der Waals surface area contributed by atoms with Crippen LogP contribution in [-0.4, -0.2) is 18.9 Å². The van der Waals surface area contributed by atoms with E-state index in [0.717, 1.165) is 13.1 Å². The maximum atomic E-state index is 11.3. The first-order valence-corrected chi connectivity index (χ1v) is 4.10. The molecule has 0 atom stereocenters. The van der Waals surface area contributed by atoms with Crippen molar-refractivity contribution in [3.63, 3.8) is 0 Å². The molecule has 1 aromatic rings. The van der Waals surface area contributed by atoms with E-state index >= 15 is 0 Å². The van der Waals surface area contributed by atoms with E-state index in [1.54, 1.807) is 6.07 Å². The zero-order valence-corrected chi connectivity index (χ0v) is 7.17. The second-order valence-corrected chi connectivity index (χ2v) is 2.54. The first-order valence-electron chi connectivity index (χ1n) is 4.10. The fourth-order valence-corrected chi connectivity index (χ4v) is 0.946. The summed E-state index contributed by atoms with van der Waals surface area (Å²) in [5, 5.41) is 3.09. The minimum absolute atomic E-state index is 0.129. The van der Waals surface area contributed by atoms with Gasteiger partial charge in [0.1, 0.15) is 6.26 Å². The Bertz CT molecular complexity index is 229. The topological polar surface area (TPSA) is 42.2 Å². The van der Waals surface area contributed by atoms with Crippen LogP contribution in [0.2, 0.25) is 0 Å². The molecule has 0 spiro atoms. The van der Waals surface area contributed by atoms with Crippen LogP contribution in [0.15, 0.2) is 23.0 Å². The van der Waals surface area contributed by atoms with Crippen LogP contribution in [-0.2, 0) is 0 Å². The summed E-state index contributed by atoms with van der Waals surface area (Å²) >= 11 is 0. The molecule has 0 unspecified atom stereocenters. The molecule has 3 nitrogen and oxygen atoms in total. The summed E-state index contributed by atoms with van der Waals surface area (Å²) in [6.45, 7) is 3.65. The van der Waals surface area contributed by atoms with Crippen LogP contribution in [0.1, 0.15) is 23.7 Å². The quantitative estimate of drug-likeness (QED) is 0.533. The van der Waals surface area contributed by atoms with E-state index < -0.39 is 0 Å². The van der Waals surface area contributed by atoms with E-state index in [9.17, 15) is 4.79 Å². The van der Waals surface area contributed by atoms with Crippen LogP contribution in [0.5, 0.6) is 0 Å². The Hall–Kier alpha value is -1.09. The number of nitrogens with one attached hydrogen (secondary N) is 1. The molecule has 1 aromatic heterocycles. The molecule has 1 rings (SSSR count). The third-order valence-electron chi connectivity index (χ3n) is 1.62. The van der Waals surface area contributed by atoms with Gasteiger partial charge in [-0.15, -0.1) is 0 Å². The number of carbonyl (C=O) groups is 1. The Morgan fingerprint density at radius 2 is 2.50 bits per heavy atom. The minimum Gasteiger partial charge on any atom is -0.472 e. The molecule has 1 N–H and O–H groups in total. The third kappa shape index (κ3) is 2.51. The van der Waals surface area contributed by atoms with Crippen molar-refractivity contribution in [3.05, 3.63) is 24.2 Å². The highest BCUT2D eigenvalue weighted by Crippen LogP contribution is 2.02. The molecule has 0 aliphatic heterocycles. The lowest BCUT2D eigenvalue weighted by Crippen LogP contribution is -2.17. The lowest BCUT2D eigenvalue weighted by Gasteiger charge is -1.98. The maximum absolute atomic E-state index is 11.3. The van der Waals surface area contributed by atoms with Gasteiger partial charge in [-0.3, -0.25) is 4.79 Å². The lowest BCUT2D eigenvalue weighted by atomic mass is 10.2. The molecular formula is C9H13NO2. The van der Waals surface area contributed by atoms with Gasteiger partial charge >= 0.3 is 0 Å². The minimum atomic E-state index is 0.129. The van der Waals surface area contributed by atoms with Gasteiger partial charge in [-0.2, -0.15) is 0 Å². The van der Waals surface area contributed by atoms with Crippen molar-refractivity contribution >= 4 is 5.78 Å². The Labute approximate surface area is 71.8 Å². The van der Waals surface area contributed by atoms with Gasteiger partial charge in [-0.1, -0.05) is 6.92 Å². The van der Waals surface area contributed by atoms with Crippen LogP contribution in [0.25, 0.3) is 0 Å². The average Bonchev–Trinajstić information content (AvgIpc) is 2.56. The fraction of sp³-hybridized carbons (Fsp3) is 0.444. The number of hydrogen-bond donors (Lipinski definition) is 1. The summed E-state index contributed by atoms with van der Waals surface area (Å²) in [7, 11) is 0. The first kappa shape index (κ1) is 9.00. The third-order valence-corrected chi connectivity index (χ3v) is 1.62. The largest absolute Gasteiger partial charge is 0.472 e. The van der Waals surface area contributed by atoms with Crippen molar-refractivity contribution in [3.8, 4) is 0 Å². The molecule has 0 saturated heterocycles. The Balaban J connectivity index is 2.30. The molecule has 0 amide bonds. The SMILES string of the molecule is CCNCCC(=O)c1ccoc1. The van der Waals surface area contributed by atoms with E-state index in [1.165, 1.54) is 12.5 Å². The number of Topliss-reactive ketones (excluding diaryl/α,β-unsaturated/α-hetero) is 1. The Morgan fingerprint density at radius 3 is 3.08 bits per heavy atom. The summed E-state index contributed by atoms with van der Waals surface area (Å²) in [5.41, 5.74) is 0.660. The number of carbonyl (C=O) groups excluding carboxylic acids is 1. The predicted octanol–water partition coefficient (Wildman–Crippen LogP) is 1.46. The summed E-state index contributed by atoms with van der Waals surface area (Å²) in [5.74, 6) is 0.129. The number of furan rings is 1. The zero-order valence-electron chi connectivity index (χ0n) is 7.17. The van der Waals surface area contributed by atoms with Crippen LogP contribution in [0, 0.1) is 0 Å². The Kier molecular flexibility index (Phi) is 3.54. The van der Waals surface area contributed by atoms with E-state index in [1.807, 2.05) is 6.92 Å². The highest BCUT2D eigenvalue weighted by molar-refractivity contribution is 5.95. The number of ketones is 1. The van der Waals surface area contributed by atoms with Crippen LogP contribution in [0.3, 0.4) is 0 Å². The van der Waals surface area contributed by atoms with Crippen LogP contribution < -0.4 is 5.32 Å². The van der Waals surface area contributed by atoms with Gasteiger partial charge < -0.3 is 9.73 Å². The lowest BCUT2D eigenvalue weighted by molar-refractivity contribution is 0.0982. The van der Waals surface area contributed by atoms with Gasteiger partial charge in [-0.05, 0) is 12.6 Å². The molecule has 0 fully saturated rings. The maximum Gasteiger partial charge on any atom is 0.167 e. The van der Waals surface area contributed by atoms with Gasteiger partial charge in [0.25, 0.3) is 0 Å². The second-order valence-electron chi connectivity index (χ2n) is 2.54. The van der Waals surface area contributed by atoms with Crippen LogP contribution >= 0.6 is 0 Å². The summed E-state index contributed by atoms with van der Waals surface area (Å²) in [6, 6.07) is 1.69. The molecular weight excluding hydrogens is 154 g/mol. The smallest absolute Gasteiger partial charge is 0.167 e. The van der Waals surface area contributed by atoms with Crippen molar-refractivity contribution in [2.24, 2.45) is 0 Å². The van der Waals surface area contributed by atoms with Crippen molar-refractivity contribution in [1.82, 2.24) is 5.32 Å². The summed E-state index contributed by atoms with van der Waals surface area (Å²) < 4.78 is 4.80. The molecule has 0 bridgehead atoms. The van der Waals surface area contributed by atoms with Gasteiger partial charge in [0, 0.05) is 13.0 Å². The summed E-state index contributed by atoms with van der Waals surface area (Å²) in [4.78, 5) is 11.3. The normalized spacial score (nSPS) is 10.1. The molecule has 12 heavy (non-hydrogen) atoms. The monoisotopic (exact) mass is 167 g/mol. The van der Waals surface area contributed by atoms with Crippen molar-refractivity contribution < 1.29 is 9.21 Å². The van der Waals surface area contributed by atoms with E-state index in [2.05, 4.69) is 5.32 Å². The van der Waals surface area contributed by atoms with E-state index in [0.29, 0.717) is 12.0 Å². The standard InChI is InChI=1S/C9H13NO2/c1-2-10-5-3-9(11)8-4-6-12-7-8/h4,6-7,10H,2-3,5H2,1H3. The number of hydrogen-bond acceptors (Lipinski definition) is 3. The van der Waals surface area contributed by atoms with Gasteiger partial charge in [0.05, 0.1) is 11.8 Å². The molecule has 0 radical (unpaired) electrons. The van der Waals surface area contributed by atoms with Crippen molar-refractivity contribution in [2.75, 3.05) is 13.1 Å². The van der Waals surface area contributed by atoms with E-state index in [-0.39, 0.29) is 5.78 Å². The highest BCUT2D eigenvalue weighted by Gasteiger charge is 2.05. The zero-order chi connectivity index (χ0) is 8.81. The van der Waals surface area contributed by atoms with Crippen LogP contribution in [0.4, 0.5) is 0 Å². The average molecular weight is 167 g/mol. The highest BCUT2D eigenvalue weighted by atomic mass is 16.3. The molecule has 3 heteroatoms. The molecule has 0 saturated carbocycles. The van der Waals surface area contributed by atoms with Gasteiger partial charge in [-0.25, -0.2) is 0 Å². The number of rotatable bonds is 5. The van der Waals surface area contributed by atoms with Crippen molar-refractivity contribution in [2.45, 2.75) is 13.3 Å². The fourth-order valence-electron chi connectivity index (χ4n) is 0.946. The second kappa shape index (κ2) is 4.72. The van der Waals surface area contributed by atoms with Gasteiger partial charge in [0.15, 0.2) is 5.78 Å². The first-order chi connectivity index (χ1) is 5.84. The molecule has 0 aliphatic rings. The van der Waals surface area contributed by atoms with Gasteiger partial charge in [0.2, 0.25) is 0 Å². The summed E-state index contributed by atoms with van der Waals surface area (Å²) in [6.07, 6.45) is 3.53. The Morgan fingerprint density at radius 1 is 1.67 bits per heavy atom. The molecule has 0 aromatic carbocycles. The van der Waals surface area contributed by atoms with E-state index in [4.69, 9.17) is 4.42 Å². The molecule has 66 valence electrons. The predicted molar refractivity (Wildman–Crippen MR) is 46.2 cm³/mol. The molecule has 1 heterocycles.